The second-order valence-electron chi connectivity index (χ2n) is 7.19. The molecule has 26 heavy (non-hydrogen) atoms. The van der Waals surface area contributed by atoms with Crippen molar-refractivity contribution in [1.29, 1.82) is 0 Å². The molecular formula is C18H19BrN2O5. The van der Waals surface area contributed by atoms with Crippen LogP contribution in [0.3, 0.4) is 0 Å². The second-order valence-corrected chi connectivity index (χ2v) is 8.10. The third kappa shape index (κ3) is 4.07. The molecule has 1 aromatic carbocycles. The number of likely N-dealkylation sites (tertiary alicyclic amines) is 1. The first-order valence-electron chi connectivity index (χ1n) is 8.14. The van der Waals surface area contributed by atoms with Crippen LogP contribution in [0, 0.1) is 0 Å². The van der Waals surface area contributed by atoms with Gasteiger partial charge in [0.25, 0.3) is 5.91 Å². The average Bonchev–Trinajstić information content (AvgIpc) is 2.48. The van der Waals surface area contributed by atoms with Crippen LogP contribution in [0.4, 0.5) is 4.79 Å². The van der Waals surface area contributed by atoms with Gasteiger partial charge in [0.15, 0.2) is 5.76 Å². The van der Waals surface area contributed by atoms with Crippen LogP contribution < -0.4 is 10.9 Å². The Morgan fingerprint density at radius 2 is 1.96 bits per heavy atom. The number of fused-ring (bicyclic) bond motifs is 1. The lowest BCUT2D eigenvalue weighted by Gasteiger charge is -2.39. The van der Waals surface area contributed by atoms with Crippen LogP contribution in [0.5, 0.6) is 0 Å². The van der Waals surface area contributed by atoms with Gasteiger partial charge in [-0.05, 0) is 44.4 Å². The Bertz CT molecular complexity index is 925. The SMILES string of the molecule is CC(C)(C)OC(=O)N1CC(NC(=O)c2cc3ccc(Br)cc3c(=O)o2)C1. The monoisotopic (exact) mass is 422 g/mol. The van der Waals surface area contributed by atoms with Gasteiger partial charge in [-0.2, -0.15) is 0 Å². The van der Waals surface area contributed by atoms with E-state index in [1.165, 1.54) is 11.0 Å². The van der Waals surface area contributed by atoms with E-state index in [0.717, 1.165) is 4.47 Å². The molecule has 0 saturated carbocycles. The molecule has 0 spiro atoms. The molecule has 2 amide bonds. The normalized spacial score (nSPS) is 14.8. The minimum atomic E-state index is -0.571. The van der Waals surface area contributed by atoms with Crippen molar-refractivity contribution in [3.63, 3.8) is 0 Å². The molecule has 1 saturated heterocycles. The van der Waals surface area contributed by atoms with E-state index in [9.17, 15) is 14.4 Å². The van der Waals surface area contributed by atoms with E-state index in [1.807, 2.05) is 0 Å². The van der Waals surface area contributed by atoms with Gasteiger partial charge in [-0.1, -0.05) is 22.0 Å². The van der Waals surface area contributed by atoms with Gasteiger partial charge in [-0.15, -0.1) is 0 Å². The van der Waals surface area contributed by atoms with E-state index in [0.29, 0.717) is 23.9 Å². The summed E-state index contributed by atoms with van der Waals surface area (Å²) in [6, 6.07) is 6.49. The minimum absolute atomic E-state index is 0.0551. The Kier molecular flexibility index (Phi) is 4.79. The van der Waals surface area contributed by atoms with E-state index in [4.69, 9.17) is 9.15 Å². The molecule has 1 fully saturated rings. The zero-order chi connectivity index (χ0) is 19.1. The summed E-state index contributed by atoms with van der Waals surface area (Å²) in [6.45, 7) is 6.09. The first kappa shape index (κ1) is 18.4. The molecule has 1 aromatic heterocycles. The Morgan fingerprint density at radius 3 is 2.62 bits per heavy atom. The number of hydrogen-bond acceptors (Lipinski definition) is 5. The number of ether oxygens (including phenoxy) is 1. The van der Waals surface area contributed by atoms with Crippen molar-refractivity contribution in [1.82, 2.24) is 10.2 Å². The first-order valence-corrected chi connectivity index (χ1v) is 8.94. The summed E-state index contributed by atoms with van der Waals surface area (Å²) in [5.41, 5.74) is -1.13. The van der Waals surface area contributed by atoms with Crippen LogP contribution in [0.15, 0.2) is 37.9 Å². The fourth-order valence-electron chi connectivity index (χ4n) is 2.57. The highest BCUT2D eigenvalue weighted by molar-refractivity contribution is 9.10. The number of rotatable bonds is 2. The van der Waals surface area contributed by atoms with E-state index < -0.39 is 23.2 Å². The van der Waals surface area contributed by atoms with Gasteiger partial charge in [-0.3, -0.25) is 4.79 Å². The van der Waals surface area contributed by atoms with Gasteiger partial charge >= 0.3 is 11.7 Å². The van der Waals surface area contributed by atoms with Crippen molar-refractivity contribution in [2.45, 2.75) is 32.4 Å². The van der Waals surface area contributed by atoms with E-state index in [1.54, 1.807) is 39.0 Å². The van der Waals surface area contributed by atoms with Crippen molar-refractivity contribution >= 4 is 38.7 Å². The first-order chi connectivity index (χ1) is 12.1. The summed E-state index contributed by atoms with van der Waals surface area (Å²) in [5, 5.41) is 3.78. The summed E-state index contributed by atoms with van der Waals surface area (Å²) < 4.78 is 11.1. The zero-order valence-corrected chi connectivity index (χ0v) is 16.3. The lowest BCUT2D eigenvalue weighted by Crippen LogP contribution is -2.61. The minimum Gasteiger partial charge on any atom is -0.444 e. The molecule has 2 heterocycles. The maximum absolute atomic E-state index is 12.3. The van der Waals surface area contributed by atoms with Gasteiger partial charge < -0.3 is 19.4 Å². The highest BCUT2D eigenvalue weighted by Gasteiger charge is 2.35. The molecule has 1 aliphatic heterocycles. The van der Waals surface area contributed by atoms with Gasteiger partial charge in [0, 0.05) is 17.6 Å². The third-order valence-corrected chi connectivity index (χ3v) is 4.31. The largest absolute Gasteiger partial charge is 0.444 e. The van der Waals surface area contributed by atoms with Crippen LogP contribution >= 0.6 is 15.9 Å². The highest BCUT2D eigenvalue weighted by Crippen LogP contribution is 2.19. The van der Waals surface area contributed by atoms with E-state index >= 15 is 0 Å². The second kappa shape index (κ2) is 6.75. The van der Waals surface area contributed by atoms with Crippen molar-refractivity contribution in [3.8, 4) is 0 Å². The molecule has 3 rings (SSSR count). The Balaban J connectivity index is 1.63. The molecule has 0 radical (unpaired) electrons. The molecule has 0 bridgehead atoms. The summed E-state index contributed by atoms with van der Waals surface area (Å²) in [4.78, 5) is 37.8. The number of halogens is 1. The molecular weight excluding hydrogens is 404 g/mol. The summed E-state index contributed by atoms with van der Waals surface area (Å²) in [7, 11) is 0. The molecule has 1 N–H and O–H groups in total. The van der Waals surface area contributed by atoms with Gasteiger partial charge in [0.05, 0.1) is 11.4 Å². The summed E-state index contributed by atoms with van der Waals surface area (Å²) >= 11 is 3.30. The predicted octanol–water partition coefficient (Wildman–Crippen LogP) is 2.90. The number of hydrogen-bond donors (Lipinski definition) is 1. The lowest BCUT2D eigenvalue weighted by atomic mass is 10.1. The molecule has 8 heteroatoms. The number of benzene rings is 1. The Hall–Kier alpha value is -2.35. The smallest absolute Gasteiger partial charge is 0.410 e. The number of amides is 2. The van der Waals surface area contributed by atoms with Crippen LogP contribution in [0.1, 0.15) is 31.3 Å². The molecule has 1 aliphatic rings. The van der Waals surface area contributed by atoms with Crippen LogP contribution in [-0.4, -0.2) is 41.6 Å². The van der Waals surface area contributed by atoms with Gasteiger partial charge in [0.1, 0.15) is 5.60 Å². The van der Waals surface area contributed by atoms with Gasteiger partial charge in [0.2, 0.25) is 0 Å². The molecule has 7 nitrogen and oxygen atoms in total. The average molecular weight is 423 g/mol. The van der Waals surface area contributed by atoms with Crippen molar-refractivity contribution < 1.29 is 18.7 Å². The molecule has 0 aliphatic carbocycles. The third-order valence-electron chi connectivity index (χ3n) is 3.82. The Morgan fingerprint density at radius 1 is 1.27 bits per heavy atom. The standard InChI is InChI=1S/C18H19BrN2O5/c1-18(2,3)26-17(24)21-8-12(9-21)20-15(22)14-6-10-4-5-11(19)7-13(10)16(23)25-14/h4-7,12H,8-9H2,1-3H3,(H,20,22). The number of carbonyl (C=O) groups excluding carboxylic acids is 2. The fourth-order valence-corrected chi connectivity index (χ4v) is 2.93. The fraction of sp³-hybridized carbons (Fsp3) is 0.389. The predicted molar refractivity (Wildman–Crippen MR) is 99.2 cm³/mol. The van der Waals surface area contributed by atoms with Gasteiger partial charge in [-0.25, -0.2) is 9.59 Å². The van der Waals surface area contributed by atoms with Crippen molar-refractivity contribution in [2.75, 3.05) is 13.1 Å². The number of nitrogens with one attached hydrogen (secondary N) is 1. The number of nitrogens with zero attached hydrogens (tertiary/aromatic N) is 1. The molecule has 0 unspecified atom stereocenters. The quantitative estimate of drug-likeness (QED) is 0.803. The number of carbonyl (C=O) groups is 2. The lowest BCUT2D eigenvalue weighted by molar-refractivity contribution is 0.00521. The summed E-state index contributed by atoms with van der Waals surface area (Å²) in [6.07, 6.45) is -0.411. The molecule has 0 atom stereocenters. The maximum Gasteiger partial charge on any atom is 0.410 e. The van der Waals surface area contributed by atoms with Crippen LogP contribution in [-0.2, 0) is 4.74 Å². The zero-order valence-electron chi connectivity index (χ0n) is 14.7. The Labute approximate surface area is 158 Å². The molecule has 138 valence electrons. The topological polar surface area (TPSA) is 88.9 Å². The van der Waals surface area contributed by atoms with E-state index in [2.05, 4.69) is 21.2 Å². The van der Waals surface area contributed by atoms with Crippen LogP contribution in [0.2, 0.25) is 0 Å². The van der Waals surface area contributed by atoms with Crippen molar-refractivity contribution in [2.24, 2.45) is 0 Å². The van der Waals surface area contributed by atoms with Crippen LogP contribution in [0.25, 0.3) is 10.8 Å². The maximum atomic E-state index is 12.3. The summed E-state index contributed by atoms with van der Waals surface area (Å²) in [5.74, 6) is -0.540. The highest BCUT2D eigenvalue weighted by atomic mass is 79.9. The van der Waals surface area contributed by atoms with E-state index in [-0.39, 0.29) is 11.8 Å². The molecule has 2 aromatic rings. The van der Waals surface area contributed by atoms with Crippen molar-refractivity contribution in [3.05, 3.63) is 44.9 Å².